The fourth-order valence-electron chi connectivity index (χ4n) is 1.14. The van der Waals surface area contributed by atoms with Crippen LogP contribution in [0.2, 0.25) is 0 Å². The zero-order valence-electron chi connectivity index (χ0n) is 11.7. The highest BCUT2D eigenvalue weighted by molar-refractivity contribution is 6.04. The highest BCUT2D eigenvalue weighted by Crippen LogP contribution is 2.08. The van der Waals surface area contributed by atoms with Crippen LogP contribution in [0.3, 0.4) is 0 Å². The standard InChI is InChI=1S/C11H26N3.Al.2H/c1-11(2,3)12-7-8-14(6)10-9-13(4)5;;;/h7-10H2,1-6H3;;;/q-1;+1;;. The molecule has 0 saturated heterocycles. The molecule has 0 bridgehead atoms. The Hall–Kier alpha value is 0.412. The fraction of sp³-hybridized carbons (Fsp3) is 1.00. The van der Waals surface area contributed by atoms with E-state index in [4.69, 9.17) is 0 Å². The van der Waals surface area contributed by atoms with Crippen LogP contribution in [0.15, 0.2) is 0 Å². The third-order valence-electron chi connectivity index (χ3n) is 2.89. The first-order valence-electron chi connectivity index (χ1n) is 5.78. The molecule has 0 saturated carbocycles. The number of hydrogen-bond donors (Lipinski definition) is 0. The Morgan fingerprint density at radius 1 is 0.867 bits per heavy atom. The number of hydrogen-bond acceptors (Lipinski definition) is 3. The van der Waals surface area contributed by atoms with Gasteiger partial charge in [0.05, 0.1) is 0 Å². The van der Waals surface area contributed by atoms with Crippen LogP contribution in [0, 0.1) is 0 Å². The van der Waals surface area contributed by atoms with Crippen molar-refractivity contribution in [3.05, 3.63) is 0 Å². The van der Waals surface area contributed by atoms with Crippen molar-refractivity contribution in [2.45, 2.75) is 26.3 Å². The average Bonchev–Trinajstić information content (AvgIpc) is 2.09. The third-order valence-corrected chi connectivity index (χ3v) is 4.68. The third kappa shape index (κ3) is 8.24. The molecule has 0 aromatic heterocycles. The van der Waals surface area contributed by atoms with Gasteiger partial charge in [0.15, 0.2) is 0 Å². The predicted octanol–water partition coefficient (Wildman–Crippen LogP) is 0.128. The van der Waals surface area contributed by atoms with E-state index in [2.05, 4.69) is 55.6 Å². The van der Waals surface area contributed by atoms with Crippen molar-refractivity contribution in [3.63, 3.8) is 0 Å². The minimum Gasteiger partial charge on any atom is -0.385 e. The van der Waals surface area contributed by atoms with Gasteiger partial charge in [-0.2, -0.15) is 0 Å². The van der Waals surface area contributed by atoms with Gasteiger partial charge >= 0.3 is 16.5 Å². The lowest BCUT2D eigenvalue weighted by Crippen LogP contribution is -2.44. The Labute approximate surface area is 104 Å². The van der Waals surface area contributed by atoms with Gasteiger partial charge < -0.3 is 13.7 Å². The summed E-state index contributed by atoms with van der Waals surface area (Å²) in [6.07, 6.45) is 0. The lowest BCUT2D eigenvalue weighted by molar-refractivity contribution is 0.212. The summed E-state index contributed by atoms with van der Waals surface area (Å²) in [6.45, 7) is 11.5. The van der Waals surface area contributed by atoms with Crippen LogP contribution in [-0.2, 0) is 0 Å². The van der Waals surface area contributed by atoms with Crippen molar-refractivity contribution in [3.8, 4) is 0 Å². The van der Waals surface area contributed by atoms with Gasteiger partial charge in [-0.05, 0) is 54.0 Å². The molecule has 15 heavy (non-hydrogen) atoms. The molecule has 0 aliphatic rings. The Morgan fingerprint density at radius 2 is 1.33 bits per heavy atom. The van der Waals surface area contributed by atoms with Gasteiger partial charge in [0.2, 0.25) is 0 Å². The maximum absolute atomic E-state index is 2.54. The highest BCUT2D eigenvalue weighted by Gasteiger charge is 2.15. The van der Waals surface area contributed by atoms with Crippen LogP contribution in [0.4, 0.5) is 0 Å². The van der Waals surface area contributed by atoms with Gasteiger partial charge in [0, 0.05) is 19.6 Å². The van der Waals surface area contributed by atoms with E-state index in [-0.39, 0.29) is 0 Å². The Kier molecular flexibility index (Phi) is 7.07. The molecule has 0 N–H and O–H groups in total. The lowest BCUT2D eigenvalue weighted by Gasteiger charge is -2.35. The molecule has 4 heteroatoms. The first-order valence-corrected chi connectivity index (χ1v) is 6.67. The monoisotopic (exact) mass is 229 g/mol. The summed E-state index contributed by atoms with van der Waals surface area (Å²) in [5.74, 6) is 0. The second-order valence-corrected chi connectivity index (χ2v) is 6.78. The smallest absolute Gasteiger partial charge is 0.322 e. The van der Waals surface area contributed by atoms with Gasteiger partial charge in [0.25, 0.3) is 0 Å². The van der Waals surface area contributed by atoms with E-state index in [1.807, 2.05) is 0 Å². The van der Waals surface area contributed by atoms with Crippen LogP contribution in [-0.4, -0.2) is 83.1 Å². The van der Waals surface area contributed by atoms with Gasteiger partial charge in [-0.25, -0.2) is 0 Å². The summed E-state index contributed by atoms with van der Waals surface area (Å²) in [6, 6.07) is 0. The molecule has 0 radical (unpaired) electrons. The molecular weight excluding hydrogens is 201 g/mol. The number of nitrogens with zero attached hydrogens (tertiary/aromatic N) is 3. The van der Waals surface area contributed by atoms with Crippen LogP contribution in [0.5, 0.6) is 0 Å². The van der Waals surface area contributed by atoms with E-state index in [9.17, 15) is 0 Å². The molecule has 3 nitrogen and oxygen atoms in total. The lowest BCUT2D eigenvalue weighted by atomic mass is 10.1. The van der Waals surface area contributed by atoms with E-state index in [1.54, 1.807) is 0 Å². The first kappa shape index (κ1) is 15.4. The summed E-state index contributed by atoms with van der Waals surface area (Å²) in [5.41, 5.74) is 0.342. The molecule has 90 valence electrons. The Morgan fingerprint density at radius 3 is 1.73 bits per heavy atom. The van der Waals surface area contributed by atoms with Crippen molar-refractivity contribution in [2.75, 3.05) is 47.3 Å². The Balaban J connectivity index is 3.66. The topological polar surface area (TPSA) is 9.72 Å². The maximum Gasteiger partial charge on any atom is 0.322 e. The van der Waals surface area contributed by atoms with E-state index >= 15 is 0 Å². The second kappa shape index (κ2) is 6.88. The Bertz CT molecular complexity index is 166. The van der Waals surface area contributed by atoms with Gasteiger partial charge in [-0.3, -0.25) is 0 Å². The highest BCUT2D eigenvalue weighted by atomic mass is 27.1. The minimum absolute atomic E-state index is 0.342. The average molecular weight is 229 g/mol. The molecule has 0 unspecified atom stereocenters. The molecular formula is C11H28AlN3. The molecule has 0 aliphatic carbocycles. The zero-order valence-corrected chi connectivity index (χ0v) is 13.7. The molecule has 0 spiro atoms. The van der Waals surface area contributed by atoms with Crippen LogP contribution in [0.25, 0.3) is 0 Å². The SMILES string of the molecule is CN(C)CCN(C)CC[N]([AlH2])C(C)(C)C. The molecule has 0 aliphatic heterocycles. The molecule has 0 amide bonds. The summed E-state index contributed by atoms with van der Waals surface area (Å²) in [4.78, 5) is 4.65. The van der Waals surface area contributed by atoms with E-state index in [0.29, 0.717) is 5.54 Å². The summed E-state index contributed by atoms with van der Waals surface area (Å²) < 4.78 is 2.54. The molecule has 0 aromatic carbocycles. The zero-order chi connectivity index (χ0) is 12.1. The van der Waals surface area contributed by atoms with Crippen molar-refractivity contribution < 1.29 is 0 Å². The molecule has 0 rings (SSSR count). The molecule has 0 aromatic rings. The van der Waals surface area contributed by atoms with Crippen molar-refractivity contribution in [1.82, 2.24) is 13.7 Å². The number of rotatable bonds is 6. The largest absolute Gasteiger partial charge is 0.385 e. The van der Waals surface area contributed by atoms with Crippen LogP contribution >= 0.6 is 0 Å². The normalized spacial score (nSPS) is 13.1. The summed E-state index contributed by atoms with van der Waals surface area (Å²) >= 11 is 1.15. The second-order valence-electron chi connectivity index (χ2n) is 5.70. The van der Waals surface area contributed by atoms with E-state index in [1.165, 1.54) is 13.1 Å². The van der Waals surface area contributed by atoms with Crippen molar-refractivity contribution in [2.24, 2.45) is 0 Å². The predicted molar refractivity (Wildman–Crippen MR) is 71.1 cm³/mol. The van der Waals surface area contributed by atoms with Crippen molar-refractivity contribution >= 4 is 16.5 Å². The van der Waals surface area contributed by atoms with Crippen LogP contribution < -0.4 is 0 Å². The fourth-order valence-corrected chi connectivity index (χ4v) is 1.34. The van der Waals surface area contributed by atoms with E-state index in [0.717, 1.165) is 29.6 Å². The first-order chi connectivity index (χ1) is 6.73. The maximum atomic E-state index is 2.54. The quantitative estimate of drug-likeness (QED) is 0.599. The number of likely N-dealkylation sites (N-methyl/N-ethyl adjacent to an activating group) is 2. The minimum atomic E-state index is 0.342. The summed E-state index contributed by atoms with van der Waals surface area (Å²) in [7, 11) is 6.46. The van der Waals surface area contributed by atoms with Gasteiger partial charge in [-0.1, -0.05) is 0 Å². The molecule has 0 atom stereocenters. The molecule has 0 fully saturated rings. The van der Waals surface area contributed by atoms with Gasteiger partial charge in [-0.15, -0.1) is 0 Å². The summed E-state index contributed by atoms with van der Waals surface area (Å²) in [5, 5.41) is 0. The van der Waals surface area contributed by atoms with Crippen LogP contribution in [0.1, 0.15) is 20.8 Å². The van der Waals surface area contributed by atoms with Gasteiger partial charge in [0.1, 0.15) is 0 Å². The van der Waals surface area contributed by atoms with E-state index < -0.39 is 0 Å². The van der Waals surface area contributed by atoms with Crippen molar-refractivity contribution in [1.29, 1.82) is 0 Å². The molecule has 0 heterocycles.